The van der Waals surface area contributed by atoms with E-state index in [1.165, 1.54) is 16.3 Å². The molecule has 0 aromatic heterocycles. The second-order valence-corrected chi connectivity index (χ2v) is 4.08. The van der Waals surface area contributed by atoms with Gasteiger partial charge in [0, 0.05) is 12.4 Å². The third kappa shape index (κ3) is 2.33. The summed E-state index contributed by atoms with van der Waals surface area (Å²) in [6.45, 7) is 0.949. The Morgan fingerprint density at radius 2 is 1.80 bits per heavy atom. The summed E-state index contributed by atoms with van der Waals surface area (Å²) in [6, 6.07) is 14.9. The Kier molecular flexibility index (Phi) is 3.29. The number of rotatable bonds is 3. The van der Waals surface area contributed by atoms with Gasteiger partial charge >= 0.3 is 0 Å². The van der Waals surface area contributed by atoms with Gasteiger partial charge in [-0.2, -0.15) is 12.6 Å². The summed E-state index contributed by atoms with van der Waals surface area (Å²) in [5.74, 6) is 0.781. The van der Waals surface area contributed by atoms with E-state index in [1.54, 1.807) is 0 Å². The topological polar surface area (TPSA) is 3.24 Å². The van der Waals surface area contributed by atoms with Crippen molar-refractivity contribution in [2.45, 2.75) is 6.54 Å². The molecule has 0 saturated carbocycles. The molecular weight excluding hydrogens is 202 g/mol. The van der Waals surface area contributed by atoms with Crippen LogP contribution < -0.4 is 0 Å². The molecule has 0 bridgehead atoms. The monoisotopic (exact) mass is 217 g/mol. The normalized spacial score (nSPS) is 11.1. The molecule has 2 aromatic carbocycles. The van der Waals surface area contributed by atoms with Crippen LogP contribution in [0, 0.1) is 0 Å². The van der Waals surface area contributed by atoms with Gasteiger partial charge in [-0.15, -0.1) is 0 Å². The zero-order chi connectivity index (χ0) is 10.7. The van der Waals surface area contributed by atoms with Crippen molar-refractivity contribution in [1.29, 1.82) is 0 Å². The fraction of sp³-hybridized carbons (Fsp3) is 0.231. The van der Waals surface area contributed by atoms with Crippen LogP contribution >= 0.6 is 12.6 Å². The highest BCUT2D eigenvalue weighted by Gasteiger charge is 2.02. The summed E-state index contributed by atoms with van der Waals surface area (Å²) in [5, 5.41) is 2.65. The Morgan fingerprint density at radius 1 is 1.07 bits per heavy atom. The molecule has 0 radical (unpaired) electrons. The van der Waals surface area contributed by atoms with Crippen LogP contribution in [0.5, 0.6) is 0 Å². The van der Waals surface area contributed by atoms with E-state index < -0.39 is 0 Å². The van der Waals surface area contributed by atoms with E-state index in [4.69, 9.17) is 0 Å². The van der Waals surface area contributed by atoms with Crippen molar-refractivity contribution in [1.82, 2.24) is 4.90 Å². The molecule has 0 unspecified atom stereocenters. The largest absolute Gasteiger partial charge is 0.293 e. The molecule has 0 aliphatic carbocycles. The number of thiol groups is 1. The standard InChI is InChI=1S/C13H15NS/c1-14(10-15)9-12-7-4-6-11-5-2-3-8-13(11)12/h2-8,15H,9-10H2,1H3. The van der Waals surface area contributed by atoms with Crippen molar-refractivity contribution in [3.63, 3.8) is 0 Å². The number of nitrogens with zero attached hydrogens (tertiary/aromatic N) is 1. The van der Waals surface area contributed by atoms with Gasteiger partial charge in [0.05, 0.1) is 0 Å². The third-order valence-electron chi connectivity index (χ3n) is 2.56. The Morgan fingerprint density at radius 3 is 2.60 bits per heavy atom. The summed E-state index contributed by atoms with van der Waals surface area (Å²) >= 11 is 4.27. The molecule has 0 amide bonds. The Hall–Kier alpha value is -0.990. The van der Waals surface area contributed by atoms with Gasteiger partial charge < -0.3 is 0 Å². The highest BCUT2D eigenvalue weighted by atomic mass is 32.1. The Bertz CT molecular complexity index is 448. The van der Waals surface area contributed by atoms with Gasteiger partial charge in [-0.1, -0.05) is 42.5 Å². The molecule has 2 aromatic rings. The maximum atomic E-state index is 4.27. The predicted molar refractivity (Wildman–Crippen MR) is 69.3 cm³/mol. The first kappa shape index (κ1) is 10.5. The molecule has 0 N–H and O–H groups in total. The van der Waals surface area contributed by atoms with Gasteiger partial charge in [-0.3, -0.25) is 4.90 Å². The molecule has 15 heavy (non-hydrogen) atoms. The van der Waals surface area contributed by atoms with Crippen molar-refractivity contribution in [3.05, 3.63) is 48.0 Å². The molecule has 0 aliphatic heterocycles. The van der Waals surface area contributed by atoms with Crippen LogP contribution in [0.15, 0.2) is 42.5 Å². The maximum Gasteiger partial charge on any atom is 0.0414 e. The zero-order valence-corrected chi connectivity index (χ0v) is 9.74. The average Bonchev–Trinajstić information content (AvgIpc) is 2.29. The molecular formula is C13H15NS. The van der Waals surface area contributed by atoms with Gasteiger partial charge in [-0.05, 0) is 23.4 Å². The van der Waals surface area contributed by atoms with Crippen molar-refractivity contribution < 1.29 is 0 Å². The fourth-order valence-electron chi connectivity index (χ4n) is 1.77. The van der Waals surface area contributed by atoms with Gasteiger partial charge in [0.2, 0.25) is 0 Å². The summed E-state index contributed by atoms with van der Waals surface area (Å²) in [5.41, 5.74) is 1.37. The second kappa shape index (κ2) is 4.69. The van der Waals surface area contributed by atoms with Crippen LogP contribution in [-0.2, 0) is 6.54 Å². The molecule has 0 heterocycles. The molecule has 0 aliphatic rings. The quantitative estimate of drug-likeness (QED) is 0.610. The van der Waals surface area contributed by atoms with Crippen LogP contribution in [0.3, 0.4) is 0 Å². The van der Waals surface area contributed by atoms with E-state index >= 15 is 0 Å². The molecule has 0 saturated heterocycles. The summed E-state index contributed by atoms with van der Waals surface area (Å²) < 4.78 is 0. The first-order chi connectivity index (χ1) is 7.31. The molecule has 0 spiro atoms. The SMILES string of the molecule is CN(CS)Cc1cccc2ccccc12. The van der Waals surface area contributed by atoms with Crippen LogP contribution in [0.1, 0.15) is 5.56 Å². The summed E-state index contributed by atoms with van der Waals surface area (Å²) in [7, 11) is 2.08. The van der Waals surface area contributed by atoms with Gasteiger partial charge in [0.1, 0.15) is 0 Å². The minimum Gasteiger partial charge on any atom is -0.293 e. The second-order valence-electron chi connectivity index (χ2n) is 3.79. The number of benzene rings is 2. The van der Waals surface area contributed by atoms with Crippen molar-refractivity contribution >= 4 is 23.4 Å². The molecule has 2 rings (SSSR count). The van der Waals surface area contributed by atoms with Crippen LogP contribution in [0.25, 0.3) is 10.8 Å². The molecule has 0 fully saturated rings. The van der Waals surface area contributed by atoms with Crippen LogP contribution in [0.2, 0.25) is 0 Å². The Balaban J connectivity index is 2.42. The van der Waals surface area contributed by atoms with E-state index in [9.17, 15) is 0 Å². The molecule has 2 heteroatoms. The molecule has 0 atom stereocenters. The highest BCUT2D eigenvalue weighted by Crippen LogP contribution is 2.19. The molecule has 78 valence electrons. The Labute approximate surface area is 96.1 Å². The van der Waals surface area contributed by atoms with E-state index in [2.05, 4.69) is 67.0 Å². The highest BCUT2D eigenvalue weighted by molar-refractivity contribution is 7.80. The summed E-state index contributed by atoms with van der Waals surface area (Å²) in [4.78, 5) is 2.19. The average molecular weight is 217 g/mol. The van der Waals surface area contributed by atoms with Crippen LogP contribution in [-0.4, -0.2) is 17.8 Å². The van der Waals surface area contributed by atoms with Gasteiger partial charge in [0.15, 0.2) is 0 Å². The lowest BCUT2D eigenvalue weighted by atomic mass is 10.0. The van der Waals surface area contributed by atoms with Gasteiger partial charge in [0.25, 0.3) is 0 Å². The minimum atomic E-state index is 0.781. The summed E-state index contributed by atoms with van der Waals surface area (Å²) in [6.07, 6.45) is 0. The lowest BCUT2D eigenvalue weighted by Gasteiger charge is -2.14. The zero-order valence-electron chi connectivity index (χ0n) is 8.85. The number of fused-ring (bicyclic) bond motifs is 1. The lowest BCUT2D eigenvalue weighted by Crippen LogP contribution is -2.15. The van der Waals surface area contributed by atoms with Gasteiger partial charge in [-0.25, -0.2) is 0 Å². The van der Waals surface area contributed by atoms with E-state index in [-0.39, 0.29) is 0 Å². The first-order valence-electron chi connectivity index (χ1n) is 5.07. The number of hydrogen-bond donors (Lipinski definition) is 1. The fourth-order valence-corrected chi connectivity index (χ4v) is 1.87. The van der Waals surface area contributed by atoms with E-state index in [0.717, 1.165) is 12.4 Å². The molecule has 1 nitrogen and oxygen atoms in total. The third-order valence-corrected chi connectivity index (χ3v) is 3.04. The smallest absolute Gasteiger partial charge is 0.0414 e. The van der Waals surface area contributed by atoms with Crippen molar-refractivity contribution in [2.75, 3.05) is 12.9 Å². The van der Waals surface area contributed by atoms with E-state index in [0.29, 0.717) is 0 Å². The minimum absolute atomic E-state index is 0.781. The van der Waals surface area contributed by atoms with E-state index in [1.807, 2.05) is 0 Å². The lowest BCUT2D eigenvalue weighted by molar-refractivity contribution is 0.389. The first-order valence-corrected chi connectivity index (χ1v) is 5.70. The predicted octanol–water partition coefficient (Wildman–Crippen LogP) is 3.16. The van der Waals surface area contributed by atoms with Crippen LogP contribution in [0.4, 0.5) is 0 Å². The van der Waals surface area contributed by atoms with Crippen molar-refractivity contribution in [3.8, 4) is 0 Å². The number of hydrogen-bond acceptors (Lipinski definition) is 2. The van der Waals surface area contributed by atoms with Crippen molar-refractivity contribution in [2.24, 2.45) is 0 Å². The maximum absolute atomic E-state index is 4.27.